The monoisotopic (exact) mass is 349 g/mol. The first-order valence-electron chi connectivity index (χ1n) is 6.35. The zero-order valence-corrected chi connectivity index (χ0v) is 13.6. The quantitative estimate of drug-likeness (QED) is 0.680. The van der Waals surface area contributed by atoms with E-state index in [1.54, 1.807) is 6.21 Å². The van der Waals surface area contributed by atoms with Crippen molar-refractivity contribution in [2.45, 2.75) is 13.8 Å². The molecule has 0 saturated heterocycles. The summed E-state index contributed by atoms with van der Waals surface area (Å²) in [6, 6.07) is 10.1. The topological polar surface area (TPSA) is 55.6 Å². The van der Waals surface area contributed by atoms with E-state index in [9.17, 15) is 4.79 Å². The van der Waals surface area contributed by atoms with Gasteiger partial charge in [0.2, 0.25) is 0 Å². The highest BCUT2D eigenvalue weighted by atomic mass is 79.9. The number of methoxy groups -OCH3 is 1. The van der Waals surface area contributed by atoms with E-state index in [-0.39, 0.29) is 0 Å². The van der Waals surface area contributed by atoms with Gasteiger partial charge in [-0.1, -0.05) is 15.9 Å². The van der Waals surface area contributed by atoms with Gasteiger partial charge >= 0.3 is 6.09 Å². The summed E-state index contributed by atoms with van der Waals surface area (Å²) < 4.78 is 7.62. The standard InChI is InChI=1S/C15H16BrN3O2/c1-10-8-12(9-17-18-15(20)21-3)11(2)19(10)14-6-4-13(16)5-7-14/h4-9H,1-3H3,(H,18,20)/b17-9-. The van der Waals surface area contributed by atoms with E-state index in [4.69, 9.17) is 0 Å². The Balaban J connectivity index is 2.29. The van der Waals surface area contributed by atoms with Crippen LogP contribution in [-0.2, 0) is 4.74 Å². The number of halogens is 1. The second-order valence-corrected chi connectivity index (χ2v) is 5.42. The van der Waals surface area contributed by atoms with Crippen LogP contribution in [0.2, 0.25) is 0 Å². The minimum atomic E-state index is -0.590. The van der Waals surface area contributed by atoms with Crippen molar-refractivity contribution in [3.05, 3.63) is 51.8 Å². The van der Waals surface area contributed by atoms with E-state index < -0.39 is 6.09 Å². The van der Waals surface area contributed by atoms with Gasteiger partial charge in [-0.05, 0) is 44.2 Å². The zero-order valence-electron chi connectivity index (χ0n) is 12.1. The predicted molar refractivity (Wildman–Crippen MR) is 86.1 cm³/mol. The van der Waals surface area contributed by atoms with Gasteiger partial charge in [-0.2, -0.15) is 5.10 Å². The molecule has 0 radical (unpaired) electrons. The summed E-state index contributed by atoms with van der Waals surface area (Å²) in [5.74, 6) is 0. The summed E-state index contributed by atoms with van der Waals surface area (Å²) in [6.07, 6.45) is 1.02. The Bertz CT molecular complexity index is 675. The molecule has 0 aliphatic heterocycles. The van der Waals surface area contributed by atoms with Gasteiger partial charge in [0.25, 0.3) is 0 Å². The molecule has 1 amide bonds. The molecule has 0 aliphatic rings. The van der Waals surface area contributed by atoms with Crippen molar-refractivity contribution in [1.29, 1.82) is 0 Å². The first kappa shape index (κ1) is 15.3. The maximum absolute atomic E-state index is 11.0. The van der Waals surface area contributed by atoms with E-state index in [0.717, 1.165) is 27.1 Å². The predicted octanol–water partition coefficient (Wildman–Crippen LogP) is 3.55. The highest BCUT2D eigenvalue weighted by molar-refractivity contribution is 9.10. The van der Waals surface area contributed by atoms with Crippen LogP contribution in [-0.4, -0.2) is 24.0 Å². The molecule has 1 heterocycles. The smallest absolute Gasteiger partial charge is 0.427 e. The first-order valence-corrected chi connectivity index (χ1v) is 7.14. The molecule has 0 aliphatic carbocycles. The molecule has 110 valence electrons. The third-order valence-electron chi connectivity index (χ3n) is 3.10. The van der Waals surface area contributed by atoms with Gasteiger partial charge in [-0.25, -0.2) is 10.2 Å². The van der Waals surface area contributed by atoms with Crippen LogP contribution < -0.4 is 5.43 Å². The van der Waals surface area contributed by atoms with Crippen molar-refractivity contribution < 1.29 is 9.53 Å². The summed E-state index contributed by atoms with van der Waals surface area (Å²) >= 11 is 3.43. The Morgan fingerprint density at radius 1 is 1.33 bits per heavy atom. The summed E-state index contributed by atoms with van der Waals surface area (Å²) in [6.45, 7) is 4.04. The van der Waals surface area contributed by atoms with Crippen molar-refractivity contribution in [2.75, 3.05) is 7.11 Å². The minimum absolute atomic E-state index is 0.590. The number of hydrogen-bond donors (Lipinski definition) is 1. The number of rotatable bonds is 3. The van der Waals surface area contributed by atoms with E-state index in [1.807, 2.05) is 44.2 Å². The number of amides is 1. The average molecular weight is 350 g/mol. The molecular formula is C15H16BrN3O2. The summed E-state index contributed by atoms with van der Waals surface area (Å²) in [5.41, 5.74) is 6.43. The van der Waals surface area contributed by atoms with Crippen LogP contribution >= 0.6 is 15.9 Å². The summed E-state index contributed by atoms with van der Waals surface area (Å²) in [5, 5.41) is 3.87. The van der Waals surface area contributed by atoms with Crippen LogP contribution in [0.5, 0.6) is 0 Å². The second kappa shape index (κ2) is 6.58. The number of benzene rings is 1. The molecule has 0 spiro atoms. The summed E-state index contributed by atoms with van der Waals surface area (Å²) in [4.78, 5) is 11.0. The molecule has 1 aromatic heterocycles. The second-order valence-electron chi connectivity index (χ2n) is 4.50. The molecule has 6 heteroatoms. The van der Waals surface area contributed by atoms with Crippen molar-refractivity contribution in [3.8, 4) is 5.69 Å². The molecule has 0 unspecified atom stereocenters. The fourth-order valence-corrected chi connectivity index (χ4v) is 2.37. The first-order chi connectivity index (χ1) is 10.0. The largest absolute Gasteiger partial charge is 0.452 e. The number of aromatic nitrogens is 1. The van der Waals surface area contributed by atoms with Crippen LogP contribution in [0.1, 0.15) is 17.0 Å². The van der Waals surface area contributed by atoms with Crippen LogP contribution in [0.25, 0.3) is 5.69 Å². The number of nitrogens with one attached hydrogen (secondary N) is 1. The molecule has 2 rings (SSSR count). The molecule has 21 heavy (non-hydrogen) atoms. The van der Waals surface area contributed by atoms with Crippen molar-refractivity contribution in [3.63, 3.8) is 0 Å². The third-order valence-corrected chi connectivity index (χ3v) is 3.63. The van der Waals surface area contributed by atoms with E-state index in [1.165, 1.54) is 7.11 Å². The van der Waals surface area contributed by atoms with Crippen LogP contribution in [0.4, 0.5) is 4.79 Å². The molecule has 5 nitrogen and oxygen atoms in total. The molecule has 1 aromatic carbocycles. The van der Waals surface area contributed by atoms with Gasteiger partial charge in [0.1, 0.15) is 0 Å². The molecule has 0 bridgehead atoms. The minimum Gasteiger partial charge on any atom is -0.452 e. The molecule has 0 atom stereocenters. The lowest BCUT2D eigenvalue weighted by Crippen LogP contribution is -2.16. The van der Waals surface area contributed by atoms with Gasteiger partial charge < -0.3 is 9.30 Å². The number of hydrazone groups is 1. The van der Waals surface area contributed by atoms with Crippen molar-refractivity contribution >= 4 is 28.2 Å². The summed E-state index contributed by atoms with van der Waals surface area (Å²) in [7, 11) is 1.30. The molecular weight excluding hydrogens is 334 g/mol. The number of ether oxygens (including phenoxy) is 1. The fraction of sp³-hybridized carbons (Fsp3) is 0.200. The average Bonchev–Trinajstić information content (AvgIpc) is 2.75. The van der Waals surface area contributed by atoms with Gasteiger partial charge in [0.05, 0.1) is 13.3 Å². The Kier molecular flexibility index (Phi) is 4.80. The van der Waals surface area contributed by atoms with Gasteiger partial charge in [0, 0.05) is 27.1 Å². The fourth-order valence-electron chi connectivity index (χ4n) is 2.11. The third kappa shape index (κ3) is 3.52. The SMILES string of the molecule is COC(=O)N/N=C\c1cc(C)n(-c2ccc(Br)cc2)c1C. The van der Waals surface area contributed by atoms with Crippen LogP contribution in [0, 0.1) is 13.8 Å². The number of carbonyl (C=O) groups is 1. The lowest BCUT2D eigenvalue weighted by atomic mass is 10.2. The van der Waals surface area contributed by atoms with E-state index in [0.29, 0.717) is 0 Å². The maximum atomic E-state index is 11.0. The van der Waals surface area contributed by atoms with Gasteiger partial charge in [-0.3, -0.25) is 0 Å². The molecule has 0 saturated carbocycles. The maximum Gasteiger partial charge on any atom is 0.427 e. The Morgan fingerprint density at radius 2 is 2.00 bits per heavy atom. The lowest BCUT2D eigenvalue weighted by molar-refractivity contribution is 0.171. The van der Waals surface area contributed by atoms with Crippen LogP contribution in [0.3, 0.4) is 0 Å². The number of carbonyl (C=O) groups excluding carboxylic acids is 1. The Labute approximate surface area is 131 Å². The van der Waals surface area contributed by atoms with Crippen molar-refractivity contribution in [2.24, 2.45) is 5.10 Å². The Hall–Kier alpha value is -2.08. The Morgan fingerprint density at radius 3 is 2.62 bits per heavy atom. The highest BCUT2D eigenvalue weighted by Gasteiger charge is 2.09. The molecule has 0 fully saturated rings. The van der Waals surface area contributed by atoms with E-state index in [2.05, 4.69) is 35.8 Å². The van der Waals surface area contributed by atoms with Gasteiger partial charge in [0.15, 0.2) is 0 Å². The number of hydrogen-bond acceptors (Lipinski definition) is 3. The molecule has 2 aromatic rings. The highest BCUT2D eigenvalue weighted by Crippen LogP contribution is 2.21. The van der Waals surface area contributed by atoms with Crippen molar-refractivity contribution in [1.82, 2.24) is 9.99 Å². The normalized spacial score (nSPS) is 10.9. The lowest BCUT2D eigenvalue weighted by Gasteiger charge is -2.09. The molecule has 1 N–H and O–H groups in total. The van der Waals surface area contributed by atoms with E-state index >= 15 is 0 Å². The zero-order chi connectivity index (χ0) is 15.4. The van der Waals surface area contributed by atoms with Gasteiger partial charge in [-0.15, -0.1) is 0 Å². The number of aryl methyl sites for hydroxylation is 1. The van der Waals surface area contributed by atoms with Crippen LogP contribution in [0.15, 0.2) is 39.9 Å². The number of nitrogens with zero attached hydrogens (tertiary/aromatic N) is 2.